The van der Waals surface area contributed by atoms with Crippen LogP contribution < -0.4 is 15.6 Å². The highest BCUT2D eigenvalue weighted by Gasteiger charge is 2.25. The van der Waals surface area contributed by atoms with Crippen LogP contribution in [0.5, 0.6) is 5.75 Å². The number of methoxy groups -OCH3 is 1. The van der Waals surface area contributed by atoms with E-state index in [1.54, 1.807) is 30.0 Å². The van der Waals surface area contributed by atoms with Crippen molar-refractivity contribution in [1.29, 1.82) is 0 Å². The van der Waals surface area contributed by atoms with Gasteiger partial charge in [-0.05, 0) is 61.3 Å². The maximum Gasteiger partial charge on any atom is 0.263 e. The van der Waals surface area contributed by atoms with E-state index in [0.717, 1.165) is 42.8 Å². The van der Waals surface area contributed by atoms with Gasteiger partial charge in [-0.15, -0.1) is 0 Å². The Labute approximate surface area is 188 Å². The highest BCUT2D eigenvalue weighted by molar-refractivity contribution is 5.93. The second kappa shape index (κ2) is 10.3. The van der Waals surface area contributed by atoms with Gasteiger partial charge in [0, 0.05) is 12.7 Å². The first-order chi connectivity index (χ1) is 15.7. The van der Waals surface area contributed by atoms with Crippen LogP contribution in [0.15, 0.2) is 77.7 Å². The predicted octanol–water partition coefficient (Wildman–Crippen LogP) is 3.47. The SMILES string of the molecule is COc1cccc(C(CNC(=O)c2cccn(Cc3ccccc3)c2=O)N2CCCC2)c1. The first-order valence-corrected chi connectivity index (χ1v) is 11.1. The fourth-order valence-corrected chi connectivity index (χ4v) is 4.26. The van der Waals surface area contributed by atoms with Crippen LogP contribution in [0.2, 0.25) is 0 Å². The van der Waals surface area contributed by atoms with Crippen molar-refractivity contribution in [2.24, 2.45) is 0 Å². The molecular formula is C26H29N3O3. The van der Waals surface area contributed by atoms with Crippen molar-refractivity contribution >= 4 is 5.91 Å². The van der Waals surface area contributed by atoms with Crippen LogP contribution in [0.3, 0.4) is 0 Å². The van der Waals surface area contributed by atoms with Gasteiger partial charge in [0.25, 0.3) is 11.5 Å². The van der Waals surface area contributed by atoms with E-state index < -0.39 is 0 Å². The molecular weight excluding hydrogens is 402 g/mol. The summed E-state index contributed by atoms with van der Waals surface area (Å²) >= 11 is 0. The summed E-state index contributed by atoms with van der Waals surface area (Å²) in [5.74, 6) is 0.453. The molecule has 0 bridgehead atoms. The smallest absolute Gasteiger partial charge is 0.263 e. The molecule has 0 aliphatic carbocycles. The van der Waals surface area contributed by atoms with Crippen molar-refractivity contribution in [3.8, 4) is 5.75 Å². The average Bonchev–Trinajstić information content (AvgIpc) is 3.36. The van der Waals surface area contributed by atoms with Crippen molar-refractivity contribution in [2.75, 3.05) is 26.7 Å². The molecule has 1 fully saturated rings. The number of rotatable bonds is 8. The summed E-state index contributed by atoms with van der Waals surface area (Å²) in [5, 5.41) is 3.01. The molecule has 1 amide bonds. The topological polar surface area (TPSA) is 63.6 Å². The van der Waals surface area contributed by atoms with Crippen molar-refractivity contribution in [3.63, 3.8) is 0 Å². The number of hydrogen-bond acceptors (Lipinski definition) is 4. The van der Waals surface area contributed by atoms with E-state index in [2.05, 4.69) is 16.3 Å². The number of nitrogens with zero attached hydrogens (tertiary/aromatic N) is 2. The largest absolute Gasteiger partial charge is 0.497 e. The molecule has 1 N–H and O–H groups in total. The number of carbonyl (C=O) groups excluding carboxylic acids is 1. The molecule has 1 unspecified atom stereocenters. The number of aromatic nitrogens is 1. The van der Waals surface area contributed by atoms with Gasteiger partial charge in [0.15, 0.2) is 0 Å². The van der Waals surface area contributed by atoms with Crippen LogP contribution >= 0.6 is 0 Å². The summed E-state index contributed by atoms with van der Waals surface area (Å²) in [6.45, 7) is 2.85. The number of nitrogens with one attached hydrogen (secondary N) is 1. The van der Waals surface area contributed by atoms with Crippen molar-refractivity contribution in [1.82, 2.24) is 14.8 Å². The van der Waals surface area contributed by atoms with Gasteiger partial charge >= 0.3 is 0 Å². The van der Waals surface area contributed by atoms with Gasteiger partial charge in [-0.2, -0.15) is 0 Å². The Morgan fingerprint density at radius 2 is 1.81 bits per heavy atom. The zero-order chi connectivity index (χ0) is 22.3. The van der Waals surface area contributed by atoms with E-state index in [4.69, 9.17) is 4.74 Å². The molecule has 2 heterocycles. The number of pyridine rings is 1. The van der Waals surface area contributed by atoms with Crippen molar-refractivity contribution < 1.29 is 9.53 Å². The molecule has 0 saturated carbocycles. The van der Waals surface area contributed by atoms with Gasteiger partial charge in [0.2, 0.25) is 0 Å². The Bertz CT molecular complexity index is 1100. The molecule has 1 atom stereocenters. The molecule has 2 aromatic carbocycles. The van der Waals surface area contributed by atoms with Crippen molar-refractivity contribution in [3.05, 3.63) is 100.0 Å². The fourth-order valence-electron chi connectivity index (χ4n) is 4.26. The summed E-state index contributed by atoms with van der Waals surface area (Å²) in [6, 6.07) is 21.1. The summed E-state index contributed by atoms with van der Waals surface area (Å²) in [7, 11) is 1.65. The lowest BCUT2D eigenvalue weighted by Gasteiger charge is -2.28. The van der Waals surface area contributed by atoms with Gasteiger partial charge in [-0.3, -0.25) is 14.5 Å². The number of amides is 1. The molecule has 6 heteroatoms. The number of hydrogen-bond donors (Lipinski definition) is 1. The molecule has 1 aliphatic rings. The lowest BCUT2D eigenvalue weighted by atomic mass is 10.0. The van der Waals surface area contributed by atoms with Crippen LogP contribution in [0.4, 0.5) is 0 Å². The Kier molecular flexibility index (Phi) is 7.02. The van der Waals surface area contributed by atoms with Crippen molar-refractivity contribution in [2.45, 2.75) is 25.4 Å². The molecule has 0 radical (unpaired) electrons. The predicted molar refractivity (Wildman–Crippen MR) is 125 cm³/mol. The third-order valence-corrected chi connectivity index (χ3v) is 5.98. The van der Waals surface area contributed by atoms with Crippen LogP contribution in [-0.4, -0.2) is 42.1 Å². The Morgan fingerprint density at radius 1 is 1.03 bits per heavy atom. The van der Waals surface area contributed by atoms with Crippen LogP contribution in [0.1, 0.15) is 40.4 Å². The van der Waals surface area contributed by atoms with Crippen LogP contribution in [0, 0.1) is 0 Å². The first-order valence-electron chi connectivity index (χ1n) is 11.1. The molecule has 166 valence electrons. The second-order valence-electron chi connectivity index (χ2n) is 8.09. The average molecular weight is 432 g/mol. The van der Waals surface area contributed by atoms with Gasteiger partial charge in [-0.1, -0.05) is 42.5 Å². The summed E-state index contributed by atoms with van der Waals surface area (Å²) in [5.41, 5.74) is 1.99. The quantitative estimate of drug-likeness (QED) is 0.593. The standard InChI is InChI=1S/C26H29N3O3/c1-32-22-12-7-11-21(17-22)24(28-14-5-6-15-28)18-27-25(30)23-13-8-16-29(26(23)31)19-20-9-3-2-4-10-20/h2-4,7-13,16-17,24H,5-6,14-15,18-19H2,1H3,(H,27,30). The second-order valence-corrected chi connectivity index (χ2v) is 8.09. The molecule has 32 heavy (non-hydrogen) atoms. The molecule has 4 rings (SSSR count). The van der Waals surface area contributed by atoms with Gasteiger partial charge in [-0.25, -0.2) is 0 Å². The summed E-state index contributed by atoms with van der Waals surface area (Å²) in [6.07, 6.45) is 4.02. The van der Waals surface area contributed by atoms with E-state index in [0.29, 0.717) is 13.1 Å². The van der Waals surface area contributed by atoms with Gasteiger partial charge in [0.05, 0.1) is 19.7 Å². The lowest BCUT2D eigenvalue weighted by Crippen LogP contribution is -2.39. The number of benzene rings is 2. The Hall–Kier alpha value is -3.38. The maximum atomic E-state index is 13.0. The minimum absolute atomic E-state index is 0.0341. The molecule has 1 saturated heterocycles. The summed E-state index contributed by atoms with van der Waals surface area (Å²) in [4.78, 5) is 28.3. The molecule has 6 nitrogen and oxygen atoms in total. The zero-order valence-corrected chi connectivity index (χ0v) is 18.4. The zero-order valence-electron chi connectivity index (χ0n) is 18.4. The normalized spacial score (nSPS) is 14.8. The van der Waals surface area contributed by atoms with E-state index in [-0.39, 0.29) is 23.1 Å². The third-order valence-electron chi connectivity index (χ3n) is 5.98. The third kappa shape index (κ3) is 5.08. The minimum Gasteiger partial charge on any atom is -0.497 e. The van der Waals surface area contributed by atoms with E-state index in [1.165, 1.54) is 0 Å². The number of likely N-dealkylation sites (tertiary alicyclic amines) is 1. The van der Waals surface area contributed by atoms with Gasteiger partial charge in [0.1, 0.15) is 11.3 Å². The number of ether oxygens (including phenoxy) is 1. The summed E-state index contributed by atoms with van der Waals surface area (Å²) < 4.78 is 6.96. The number of carbonyl (C=O) groups is 1. The van der Waals surface area contributed by atoms with E-state index >= 15 is 0 Å². The van der Waals surface area contributed by atoms with Crippen LogP contribution in [-0.2, 0) is 6.54 Å². The first kappa shape index (κ1) is 21.8. The highest BCUT2D eigenvalue weighted by Crippen LogP contribution is 2.27. The lowest BCUT2D eigenvalue weighted by molar-refractivity contribution is 0.0936. The molecule has 3 aromatic rings. The van der Waals surface area contributed by atoms with E-state index in [1.807, 2.05) is 48.5 Å². The Balaban J connectivity index is 1.51. The fraction of sp³-hybridized carbons (Fsp3) is 0.308. The highest BCUT2D eigenvalue weighted by atomic mass is 16.5. The van der Waals surface area contributed by atoms with Crippen LogP contribution in [0.25, 0.3) is 0 Å². The molecule has 1 aromatic heterocycles. The van der Waals surface area contributed by atoms with E-state index in [9.17, 15) is 9.59 Å². The van der Waals surface area contributed by atoms with Gasteiger partial charge < -0.3 is 14.6 Å². The molecule has 1 aliphatic heterocycles. The Morgan fingerprint density at radius 3 is 2.56 bits per heavy atom. The minimum atomic E-state index is -0.343. The molecule has 0 spiro atoms. The monoisotopic (exact) mass is 431 g/mol. The maximum absolute atomic E-state index is 13.0.